The highest BCUT2D eigenvalue weighted by atomic mass is 14.6. The second kappa shape index (κ2) is 4.45. The van der Waals surface area contributed by atoms with Crippen LogP contribution in [0.25, 0.3) is 5.57 Å². The smallest absolute Gasteiger partial charge is 0.0342 e. The van der Waals surface area contributed by atoms with Gasteiger partial charge < -0.3 is 5.73 Å². The number of rotatable bonds is 4. The van der Waals surface area contributed by atoms with E-state index in [9.17, 15) is 0 Å². The van der Waals surface area contributed by atoms with Crippen molar-refractivity contribution < 1.29 is 0 Å². The molecule has 1 aromatic rings. The summed E-state index contributed by atoms with van der Waals surface area (Å²) < 4.78 is 0. The van der Waals surface area contributed by atoms with Gasteiger partial charge in [0.05, 0.1) is 0 Å². The summed E-state index contributed by atoms with van der Waals surface area (Å²) >= 11 is 0. The first kappa shape index (κ1) is 9.52. The monoisotopic (exact) mass is 174 g/mol. The van der Waals surface area contributed by atoms with Crippen LogP contribution in [0.4, 0.5) is 0 Å². The molecule has 0 amide bonds. The quantitative estimate of drug-likeness (QED) is 0.761. The maximum absolute atomic E-state index is 5.47. The second-order valence-corrected chi connectivity index (χ2v) is 3.00. The van der Waals surface area contributed by atoms with Crippen LogP contribution in [-0.4, -0.2) is 4.98 Å². The first-order chi connectivity index (χ1) is 6.20. The Labute approximate surface area is 78.8 Å². The molecule has 0 bridgehead atoms. The molecule has 2 nitrogen and oxygen atoms in total. The van der Waals surface area contributed by atoms with Crippen molar-refractivity contribution in [3.63, 3.8) is 0 Å². The van der Waals surface area contributed by atoms with E-state index in [2.05, 4.69) is 18.1 Å². The van der Waals surface area contributed by atoms with Gasteiger partial charge in [-0.1, -0.05) is 19.2 Å². The number of aromatic nitrogens is 1. The van der Waals surface area contributed by atoms with Gasteiger partial charge in [0.1, 0.15) is 0 Å². The van der Waals surface area contributed by atoms with Crippen molar-refractivity contribution in [1.29, 1.82) is 0 Å². The lowest BCUT2D eigenvalue weighted by Crippen LogP contribution is -1.95. The highest BCUT2D eigenvalue weighted by molar-refractivity contribution is 5.62. The SMILES string of the molecule is C=C(N)CCC(=C)c1cccnc1. The summed E-state index contributed by atoms with van der Waals surface area (Å²) in [6, 6.07) is 3.90. The zero-order valence-corrected chi connectivity index (χ0v) is 7.66. The summed E-state index contributed by atoms with van der Waals surface area (Å²) in [5.74, 6) is 0. The Morgan fingerprint density at radius 1 is 1.38 bits per heavy atom. The zero-order chi connectivity index (χ0) is 9.68. The van der Waals surface area contributed by atoms with Gasteiger partial charge >= 0.3 is 0 Å². The van der Waals surface area contributed by atoms with Crippen molar-refractivity contribution in [2.75, 3.05) is 0 Å². The molecule has 0 aromatic carbocycles. The number of allylic oxidation sites excluding steroid dienone is 2. The molecule has 68 valence electrons. The molecule has 1 aromatic heterocycles. The Morgan fingerprint density at radius 2 is 2.15 bits per heavy atom. The van der Waals surface area contributed by atoms with Crippen molar-refractivity contribution in [3.05, 3.63) is 48.9 Å². The zero-order valence-electron chi connectivity index (χ0n) is 7.66. The molecule has 1 heterocycles. The van der Waals surface area contributed by atoms with Crippen LogP contribution in [-0.2, 0) is 0 Å². The van der Waals surface area contributed by atoms with Crippen LogP contribution in [0.3, 0.4) is 0 Å². The van der Waals surface area contributed by atoms with Gasteiger partial charge in [-0.2, -0.15) is 0 Å². The molecule has 1 rings (SSSR count). The molecule has 0 spiro atoms. The van der Waals surface area contributed by atoms with Gasteiger partial charge in [0.15, 0.2) is 0 Å². The lowest BCUT2D eigenvalue weighted by Gasteiger charge is -2.04. The second-order valence-electron chi connectivity index (χ2n) is 3.00. The molecule has 0 aliphatic carbocycles. The predicted molar refractivity (Wildman–Crippen MR) is 55.8 cm³/mol. The van der Waals surface area contributed by atoms with Crippen molar-refractivity contribution in [1.82, 2.24) is 4.98 Å². The molecule has 0 atom stereocenters. The molecular weight excluding hydrogens is 160 g/mol. The van der Waals surface area contributed by atoms with Gasteiger partial charge in [-0.05, 0) is 30.0 Å². The summed E-state index contributed by atoms with van der Waals surface area (Å²) in [5, 5.41) is 0. The molecule has 2 heteroatoms. The highest BCUT2D eigenvalue weighted by Crippen LogP contribution is 2.17. The molecule has 2 N–H and O–H groups in total. The minimum Gasteiger partial charge on any atom is -0.403 e. The number of nitrogens with two attached hydrogens (primary N) is 1. The van der Waals surface area contributed by atoms with Crippen LogP contribution in [0.2, 0.25) is 0 Å². The Hall–Kier alpha value is -1.57. The molecule has 13 heavy (non-hydrogen) atoms. The molecule has 0 unspecified atom stereocenters. The number of pyridine rings is 1. The van der Waals surface area contributed by atoms with Gasteiger partial charge in [-0.25, -0.2) is 0 Å². The van der Waals surface area contributed by atoms with Gasteiger partial charge in [0.25, 0.3) is 0 Å². The van der Waals surface area contributed by atoms with E-state index in [-0.39, 0.29) is 0 Å². The van der Waals surface area contributed by atoms with Crippen molar-refractivity contribution in [2.24, 2.45) is 5.73 Å². The van der Waals surface area contributed by atoms with Gasteiger partial charge in [0, 0.05) is 18.1 Å². The van der Waals surface area contributed by atoms with E-state index < -0.39 is 0 Å². The summed E-state index contributed by atoms with van der Waals surface area (Å²) in [4.78, 5) is 4.02. The van der Waals surface area contributed by atoms with E-state index in [1.54, 1.807) is 6.20 Å². The number of hydrogen-bond donors (Lipinski definition) is 1. The fraction of sp³-hybridized carbons (Fsp3) is 0.182. The minimum atomic E-state index is 0.699. The van der Waals surface area contributed by atoms with Gasteiger partial charge in [-0.3, -0.25) is 4.98 Å². The third-order valence-corrected chi connectivity index (χ3v) is 1.82. The maximum Gasteiger partial charge on any atom is 0.0342 e. The molecule has 0 radical (unpaired) electrons. The normalized spacial score (nSPS) is 9.54. The Morgan fingerprint density at radius 3 is 2.69 bits per heavy atom. The minimum absolute atomic E-state index is 0.699. The highest BCUT2D eigenvalue weighted by Gasteiger charge is 1.98. The molecule has 0 saturated heterocycles. The summed E-state index contributed by atoms with van der Waals surface area (Å²) in [6.07, 6.45) is 5.19. The first-order valence-corrected chi connectivity index (χ1v) is 4.21. The van der Waals surface area contributed by atoms with Crippen LogP contribution in [0.5, 0.6) is 0 Å². The molecule has 0 aliphatic rings. The van der Waals surface area contributed by atoms with E-state index in [4.69, 9.17) is 5.73 Å². The largest absolute Gasteiger partial charge is 0.403 e. The summed E-state index contributed by atoms with van der Waals surface area (Å²) in [7, 11) is 0. The van der Waals surface area contributed by atoms with Crippen LogP contribution < -0.4 is 5.73 Å². The van der Waals surface area contributed by atoms with E-state index in [0.717, 1.165) is 24.0 Å². The van der Waals surface area contributed by atoms with Crippen molar-refractivity contribution in [3.8, 4) is 0 Å². The molecular formula is C11H14N2. The van der Waals surface area contributed by atoms with Gasteiger partial charge in [-0.15, -0.1) is 0 Å². The van der Waals surface area contributed by atoms with Crippen molar-refractivity contribution in [2.45, 2.75) is 12.8 Å². The third-order valence-electron chi connectivity index (χ3n) is 1.82. The first-order valence-electron chi connectivity index (χ1n) is 4.21. The van der Waals surface area contributed by atoms with Crippen LogP contribution in [0.15, 0.2) is 43.4 Å². The molecule has 0 aliphatic heterocycles. The number of hydrogen-bond acceptors (Lipinski definition) is 2. The van der Waals surface area contributed by atoms with E-state index in [0.29, 0.717) is 5.70 Å². The van der Waals surface area contributed by atoms with E-state index in [1.165, 1.54) is 0 Å². The Balaban J connectivity index is 2.54. The number of nitrogens with zero attached hydrogens (tertiary/aromatic N) is 1. The summed E-state index contributed by atoms with van der Waals surface area (Å²) in [6.45, 7) is 7.60. The van der Waals surface area contributed by atoms with Crippen LogP contribution in [0, 0.1) is 0 Å². The standard InChI is InChI=1S/C11H14N2/c1-9(5-6-10(2)12)11-4-3-7-13-8-11/h3-4,7-8H,1-2,5-6,12H2. The summed E-state index contributed by atoms with van der Waals surface area (Å²) in [5.41, 5.74) is 8.29. The topological polar surface area (TPSA) is 38.9 Å². The average molecular weight is 174 g/mol. The fourth-order valence-corrected chi connectivity index (χ4v) is 1.03. The molecule has 0 saturated carbocycles. The molecule has 0 fully saturated rings. The van der Waals surface area contributed by atoms with E-state index >= 15 is 0 Å². The third kappa shape index (κ3) is 3.11. The van der Waals surface area contributed by atoms with Crippen LogP contribution >= 0.6 is 0 Å². The van der Waals surface area contributed by atoms with E-state index in [1.807, 2.05) is 18.3 Å². The average Bonchev–Trinajstić information content (AvgIpc) is 2.15. The fourth-order valence-electron chi connectivity index (χ4n) is 1.03. The lowest BCUT2D eigenvalue weighted by molar-refractivity contribution is 0.980. The van der Waals surface area contributed by atoms with Gasteiger partial charge in [0.2, 0.25) is 0 Å². The lowest BCUT2D eigenvalue weighted by atomic mass is 10.0. The van der Waals surface area contributed by atoms with Crippen LogP contribution in [0.1, 0.15) is 18.4 Å². The Bertz CT molecular complexity index is 301. The Kier molecular flexibility index (Phi) is 3.26. The van der Waals surface area contributed by atoms with Crippen molar-refractivity contribution >= 4 is 5.57 Å². The maximum atomic E-state index is 5.47. The predicted octanol–water partition coefficient (Wildman–Crippen LogP) is 2.35.